The molecule has 0 bridgehead atoms. The summed E-state index contributed by atoms with van der Waals surface area (Å²) in [4.78, 5) is 6.12. The molecule has 1 aromatic heterocycles. The Hall–Kier alpha value is -0.930. The van der Waals surface area contributed by atoms with E-state index in [0.29, 0.717) is 6.67 Å². The summed E-state index contributed by atoms with van der Waals surface area (Å²) in [6.07, 6.45) is 4.70. The van der Waals surface area contributed by atoms with Gasteiger partial charge in [-0.05, 0) is 25.1 Å². The average molecular weight is 165 g/mol. The standard InChI is InChI=1S/C9H15N3/c1-12(8-10)6-4-9-3-2-5-11-7-9/h2-3,5,7H,4,6,8,10H2,1H3. The van der Waals surface area contributed by atoms with Crippen LogP contribution in [0.5, 0.6) is 0 Å². The summed E-state index contributed by atoms with van der Waals surface area (Å²) in [6, 6.07) is 4.04. The van der Waals surface area contributed by atoms with E-state index < -0.39 is 0 Å². The van der Waals surface area contributed by atoms with Crippen molar-refractivity contribution in [1.82, 2.24) is 9.88 Å². The number of nitrogens with two attached hydrogens (primary N) is 1. The van der Waals surface area contributed by atoms with Gasteiger partial charge in [0.25, 0.3) is 0 Å². The van der Waals surface area contributed by atoms with Gasteiger partial charge in [-0.3, -0.25) is 9.88 Å². The van der Waals surface area contributed by atoms with Gasteiger partial charge >= 0.3 is 0 Å². The molecule has 0 atom stereocenters. The summed E-state index contributed by atoms with van der Waals surface area (Å²) in [7, 11) is 2.01. The first kappa shape index (κ1) is 9.16. The van der Waals surface area contributed by atoms with Crippen LogP contribution in [-0.4, -0.2) is 30.1 Å². The molecule has 0 aliphatic heterocycles. The highest BCUT2D eigenvalue weighted by molar-refractivity contribution is 5.08. The predicted molar refractivity (Wildman–Crippen MR) is 49.6 cm³/mol. The predicted octanol–water partition coefficient (Wildman–Crippen LogP) is 0.472. The number of hydrogen-bond acceptors (Lipinski definition) is 3. The van der Waals surface area contributed by atoms with Gasteiger partial charge < -0.3 is 5.73 Å². The van der Waals surface area contributed by atoms with E-state index in [1.807, 2.05) is 19.3 Å². The molecule has 1 rings (SSSR count). The van der Waals surface area contributed by atoms with Crippen LogP contribution in [0.2, 0.25) is 0 Å². The third-order valence-electron chi connectivity index (χ3n) is 1.82. The molecule has 0 unspecified atom stereocenters. The lowest BCUT2D eigenvalue weighted by Crippen LogP contribution is -2.27. The number of likely N-dealkylation sites (N-methyl/N-ethyl adjacent to an activating group) is 1. The summed E-state index contributed by atoms with van der Waals surface area (Å²) in [5, 5.41) is 0. The maximum absolute atomic E-state index is 5.45. The average Bonchev–Trinajstić information content (AvgIpc) is 2.16. The largest absolute Gasteiger partial charge is 0.318 e. The van der Waals surface area contributed by atoms with E-state index in [-0.39, 0.29) is 0 Å². The molecule has 1 aromatic rings. The Labute approximate surface area is 73.2 Å². The summed E-state index contributed by atoms with van der Waals surface area (Å²) < 4.78 is 0. The SMILES string of the molecule is CN(CN)CCc1cccnc1. The van der Waals surface area contributed by atoms with Crippen molar-refractivity contribution in [3.63, 3.8) is 0 Å². The van der Waals surface area contributed by atoms with E-state index in [0.717, 1.165) is 13.0 Å². The van der Waals surface area contributed by atoms with Gasteiger partial charge in [0.15, 0.2) is 0 Å². The number of nitrogens with zero attached hydrogens (tertiary/aromatic N) is 2. The van der Waals surface area contributed by atoms with Crippen molar-refractivity contribution in [3.8, 4) is 0 Å². The number of rotatable bonds is 4. The van der Waals surface area contributed by atoms with E-state index in [1.54, 1.807) is 6.20 Å². The van der Waals surface area contributed by atoms with E-state index in [9.17, 15) is 0 Å². The van der Waals surface area contributed by atoms with E-state index in [1.165, 1.54) is 5.56 Å². The second kappa shape index (κ2) is 4.85. The Bertz CT molecular complexity index is 210. The molecule has 0 fully saturated rings. The molecule has 0 radical (unpaired) electrons. The van der Waals surface area contributed by atoms with Gasteiger partial charge in [0.1, 0.15) is 0 Å². The molecule has 1 heterocycles. The van der Waals surface area contributed by atoms with Crippen molar-refractivity contribution in [3.05, 3.63) is 30.1 Å². The molecule has 0 aliphatic rings. The van der Waals surface area contributed by atoms with Gasteiger partial charge in [-0.2, -0.15) is 0 Å². The van der Waals surface area contributed by atoms with Crippen LogP contribution in [-0.2, 0) is 6.42 Å². The van der Waals surface area contributed by atoms with Crippen LogP contribution in [0.1, 0.15) is 5.56 Å². The van der Waals surface area contributed by atoms with Crippen LogP contribution in [0.25, 0.3) is 0 Å². The van der Waals surface area contributed by atoms with Gasteiger partial charge in [0.05, 0.1) is 0 Å². The number of pyridine rings is 1. The monoisotopic (exact) mass is 165 g/mol. The van der Waals surface area contributed by atoms with Gasteiger partial charge in [0.2, 0.25) is 0 Å². The minimum atomic E-state index is 0.611. The second-order valence-corrected chi connectivity index (χ2v) is 2.87. The third kappa shape index (κ3) is 2.98. The lowest BCUT2D eigenvalue weighted by atomic mass is 10.2. The fourth-order valence-electron chi connectivity index (χ4n) is 0.957. The lowest BCUT2D eigenvalue weighted by molar-refractivity contribution is 0.349. The summed E-state index contributed by atoms with van der Waals surface area (Å²) in [5.74, 6) is 0. The fourth-order valence-corrected chi connectivity index (χ4v) is 0.957. The van der Waals surface area contributed by atoms with Crippen molar-refractivity contribution in [1.29, 1.82) is 0 Å². The molecule has 0 saturated carbocycles. The van der Waals surface area contributed by atoms with Crippen molar-refractivity contribution < 1.29 is 0 Å². The third-order valence-corrected chi connectivity index (χ3v) is 1.82. The minimum Gasteiger partial charge on any atom is -0.318 e. The minimum absolute atomic E-state index is 0.611. The van der Waals surface area contributed by atoms with Crippen molar-refractivity contribution in [2.24, 2.45) is 5.73 Å². The van der Waals surface area contributed by atoms with Crippen LogP contribution < -0.4 is 5.73 Å². The first-order valence-corrected chi connectivity index (χ1v) is 4.10. The Kier molecular flexibility index (Phi) is 3.70. The highest BCUT2D eigenvalue weighted by atomic mass is 15.1. The Morgan fingerprint density at radius 2 is 2.42 bits per heavy atom. The molecular weight excluding hydrogens is 150 g/mol. The zero-order valence-electron chi connectivity index (χ0n) is 7.40. The maximum Gasteiger partial charge on any atom is 0.0452 e. The van der Waals surface area contributed by atoms with Gasteiger partial charge in [-0.1, -0.05) is 6.07 Å². The Morgan fingerprint density at radius 3 is 3.00 bits per heavy atom. The molecule has 66 valence electrons. The molecule has 0 spiro atoms. The van der Waals surface area contributed by atoms with Gasteiger partial charge in [-0.25, -0.2) is 0 Å². The molecule has 0 amide bonds. The van der Waals surface area contributed by atoms with E-state index in [2.05, 4.69) is 16.0 Å². The zero-order valence-corrected chi connectivity index (χ0v) is 7.40. The molecule has 0 saturated heterocycles. The van der Waals surface area contributed by atoms with E-state index >= 15 is 0 Å². The fraction of sp³-hybridized carbons (Fsp3) is 0.444. The Morgan fingerprint density at radius 1 is 1.58 bits per heavy atom. The molecular formula is C9H15N3. The summed E-state index contributed by atoms with van der Waals surface area (Å²) in [5.41, 5.74) is 6.71. The van der Waals surface area contributed by atoms with Crippen molar-refractivity contribution in [2.75, 3.05) is 20.3 Å². The quantitative estimate of drug-likeness (QED) is 0.659. The van der Waals surface area contributed by atoms with Crippen molar-refractivity contribution in [2.45, 2.75) is 6.42 Å². The highest BCUT2D eigenvalue weighted by Crippen LogP contribution is 1.97. The second-order valence-electron chi connectivity index (χ2n) is 2.87. The first-order chi connectivity index (χ1) is 5.83. The van der Waals surface area contributed by atoms with Gasteiger partial charge in [0, 0.05) is 25.6 Å². The topological polar surface area (TPSA) is 42.1 Å². The van der Waals surface area contributed by atoms with E-state index in [4.69, 9.17) is 5.73 Å². The zero-order chi connectivity index (χ0) is 8.81. The maximum atomic E-state index is 5.45. The van der Waals surface area contributed by atoms with Crippen molar-refractivity contribution >= 4 is 0 Å². The molecule has 12 heavy (non-hydrogen) atoms. The lowest BCUT2D eigenvalue weighted by Gasteiger charge is -2.12. The molecule has 0 aromatic carbocycles. The summed E-state index contributed by atoms with van der Waals surface area (Å²) >= 11 is 0. The highest BCUT2D eigenvalue weighted by Gasteiger charge is 1.95. The Balaban J connectivity index is 2.33. The van der Waals surface area contributed by atoms with Crippen LogP contribution in [0.15, 0.2) is 24.5 Å². The van der Waals surface area contributed by atoms with Crippen LogP contribution >= 0.6 is 0 Å². The van der Waals surface area contributed by atoms with Gasteiger partial charge in [-0.15, -0.1) is 0 Å². The molecule has 2 N–H and O–H groups in total. The normalized spacial score (nSPS) is 10.6. The molecule has 3 nitrogen and oxygen atoms in total. The number of aromatic nitrogens is 1. The molecule has 3 heteroatoms. The van der Waals surface area contributed by atoms with Crippen LogP contribution in [0.4, 0.5) is 0 Å². The molecule has 0 aliphatic carbocycles. The van der Waals surface area contributed by atoms with Crippen LogP contribution in [0, 0.1) is 0 Å². The number of hydrogen-bond donors (Lipinski definition) is 1. The van der Waals surface area contributed by atoms with Crippen LogP contribution in [0.3, 0.4) is 0 Å². The summed E-state index contributed by atoms with van der Waals surface area (Å²) in [6.45, 7) is 1.60. The first-order valence-electron chi connectivity index (χ1n) is 4.10. The smallest absolute Gasteiger partial charge is 0.0452 e.